The maximum Gasteiger partial charge on any atom is 0.224 e. The second-order valence-corrected chi connectivity index (χ2v) is 6.52. The van der Waals surface area contributed by atoms with Crippen molar-refractivity contribution >= 4 is 23.2 Å². The summed E-state index contributed by atoms with van der Waals surface area (Å²) >= 11 is 5.93. The molecule has 0 atom stereocenters. The molecule has 0 unspecified atom stereocenters. The number of nitrogens with one attached hydrogen (secondary N) is 1. The SMILES string of the molecule is CCOc1ccc(-c2cnc(CCC(=O)Nc3ccc(Cl)cc3C)o2)cc1. The molecule has 1 heterocycles. The minimum absolute atomic E-state index is 0.0961. The first-order valence-corrected chi connectivity index (χ1v) is 9.17. The van der Waals surface area contributed by atoms with Crippen LogP contribution in [0.1, 0.15) is 24.8 Å². The molecule has 0 fully saturated rings. The third-order valence-electron chi connectivity index (χ3n) is 4.03. The zero-order valence-corrected chi connectivity index (χ0v) is 16.0. The predicted molar refractivity (Wildman–Crippen MR) is 106 cm³/mol. The number of nitrogens with zero attached hydrogens (tertiary/aromatic N) is 1. The topological polar surface area (TPSA) is 64.4 Å². The van der Waals surface area contributed by atoms with Crippen LogP contribution in [0.2, 0.25) is 5.02 Å². The lowest BCUT2D eigenvalue weighted by molar-refractivity contribution is -0.116. The van der Waals surface area contributed by atoms with Gasteiger partial charge in [-0.2, -0.15) is 0 Å². The maximum atomic E-state index is 12.2. The molecule has 140 valence electrons. The van der Waals surface area contributed by atoms with Gasteiger partial charge in [0.1, 0.15) is 5.75 Å². The first-order chi connectivity index (χ1) is 13.0. The zero-order chi connectivity index (χ0) is 19.2. The number of amides is 1. The molecule has 0 aliphatic carbocycles. The molecule has 0 bridgehead atoms. The van der Waals surface area contributed by atoms with Crippen LogP contribution in [-0.4, -0.2) is 17.5 Å². The highest BCUT2D eigenvalue weighted by molar-refractivity contribution is 6.30. The zero-order valence-electron chi connectivity index (χ0n) is 15.3. The van der Waals surface area contributed by atoms with Gasteiger partial charge in [-0.25, -0.2) is 4.98 Å². The Kier molecular flexibility index (Phi) is 6.14. The quantitative estimate of drug-likeness (QED) is 0.602. The summed E-state index contributed by atoms with van der Waals surface area (Å²) in [5.74, 6) is 1.92. The van der Waals surface area contributed by atoms with E-state index in [2.05, 4.69) is 10.3 Å². The minimum atomic E-state index is -0.0961. The number of ether oxygens (including phenoxy) is 1. The maximum absolute atomic E-state index is 12.2. The van der Waals surface area contributed by atoms with Gasteiger partial charge in [-0.3, -0.25) is 4.79 Å². The number of aromatic nitrogens is 1. The van der Waals surface area contributed by atoms with Gasteiger partial charge in [-0.05, 0) is 61.9 Å². The van der Waals surface area contributed by atoms with Crippen LogP contribution in [0.3, 0.4) is 0 Å². The number of halogens is 1. The van der Waals surface area contributed by atoms with Gasteiger partial charge in [0.15, 0.2) is 11.7 Å². The molecular weight excluding hydrogens is 364 g/mol. The van der Waals surface area contributed by atoms with E-state index < -0.39 is 0 Å². The molecule has 1 amide bonds. The summed E-state index contributed by atoms with van der Waals surface area (Å²) in [6.45, 7) is 4.48. The lowest BCUT2D eigenvalue weighted by atomic mass is 10.2. The Labute approximate surface area is 163 Å². The van der Waals surface area contributed by atoms with Crippen molar-refractivity contribution in [1.82, 2.24) is 4.98 Å². The van der Waals surface area contributed by atoms with E-state index in [4.69, 9.17) is 20.8 Å². The van der Waals surface area contributed by atoms with Crippen molar-refractivity contribution in [2.24, 2.45) is 0 Å². The first kappa shape index (κ1) is 19.0. The number of anilines is 1. The first-order valence-electron chi connectivity index (χ1n) is 8.79. The van der Waals surface area contributed by atoms with Gasteiger partial charge < -0.3 is 14.5 Å². The molecule has 5 nitrogen and oxygen atoms in total. The molecule has 0 radical (unpaired) electrons. The standard InChI is InChI=1S/C21H21ClN2O3/c1-3-26-17-7-4-15(5-8-17)19-13-23-21(27-19)11-10-20(25)24-18-9-6-16(22)12-14(18)2/h4-9,12-13H,3,10-11H2,1-2H3,(H,24,25). The summed E-state index contributed by atoms with van der Waals surface area (Å²) in [7, 11) is 0. The second-order valence-electron chi connectivity index (χ2n) is 6.08. The van der Waals surface area contributed by atoms with Crippen molar-refractivity contribution in [3.05, 3.63) is 65.1 Å². The molecular formula is C21H21ClN2O3. The fourth-order valence-electron chi connectivity index (χ4n) is 2.64. The largest absolute Gasteiger partial charge is 0.494 e. The lowest BCUT2D eigenvalue weighted by Crippen LogP contribution is -2.13. The second kappa shape index (κ2) is 8.73. The van der Waals surface area contributed by atoms with Gasteiger partial charge in [-0.1, -0.05) is 11.6 Å². The van der Waals surface area contributed by atoms with Crippen LogP contribution in [0.25, 0.3) is 11.3 Å². The number of hydrogen-bond donors (Lipinski definition) is 1. The highest BCUT2D eigenvalue weighted by atomic mass is 35.5. The van der Waals surface area contributed by atoms with E-state index in [1.807, 2.05) is 44.2 Å². The molecule has 3 rings (SSSR count). The van der Waals surface area contributed by atoms with Crippen LogP contribution in [0.5, 0.6) is 5.75 Å². The van der Waals surface area contributed by atoms with Crippen molar-refractivity contribution in [3.8, 4) is 17.1 Å². The van der Waals surface area contributed by atoms with Crippen LogP contribution >= 0.6 is 11.6 Å². The Morgan fingerprint density at radius 3 is 2.70 bits per heavy atom. The average Bonchev–Trinajstić information content (AvgIpc) is 3.12. The van der Waals surface area contributed by atoms with Gasteiger partial charge in [0, 0.05) is 29.1 Å². The summed E-state index contributed by atoms with van der Waals surface area (Å²) in [6, 6.07) is 13.0. The molecule has 27 heavy (non-hydrogen) atoms. The molecule has 0 aliphatic rings. The minimum Gasteiger partial charge on any atom is -0.494 e. The van der Waals surface area contributed by atoms with Gasteiger partial charge in [0.05, 0.1) is 12.8 Å². The number of benzene rings is 2. The van der Waals surface area contributed by atoms with Crippen LogP contribution in [-0.2, 0) is 11.2 Å². The van der Waals surface area contributed by atoms with Crippen LogP contribution in [0.4, 0.5) is 5.69 Å². The smallest absolute Gasteiger partial charge is 0.224 e. The van der Waals surface area contributed by atoms with Gasteiger partial charge >= 0.3 is 0 Å². The Bertz CT molecular complexity index is 919. The fourth-order valence-corrected chi connectivity index (χ4v) is 2.87. The van der Waals surface area contributed by atoms with E-state index in [0.717, 1.165) is 22.6 Å². The van der Waals surface area contributed by atoms with Crippen molar-refractivity contribution in [2.75, 3.05) is 11.9 Å². The number of carbonyl (C=O) groups is 1. The summed E-state index contributed by atoms with van der Waals surface area (Å²) < 4.78 is 11.2. The van der Waals surface area contributed by atoms with Crippen molar-refractivity contribution in [3.63, 3.8) is 0 Å². The van der Waals surface area contributed by atoms with E-state index in [1.54, 1.807) is 18.3 Å². The molecule has 3 aromatic rings. The summed E-state index contributed by atoms with van der Waals surface area (Å²) in [5, 5.41) is 3.53. The van der Waals surface area contributed by atoms with Crippen LogP contribution in [0.15, 0.2) is 53.1 Å². The number of carbonyl (C=O) groups excluding carboxylic acids is 1. The third-order valence-corrected chi connectivity index (χ3v) is 4.27. The molecule has 1 N–H and O–H groups in total. The third kappa shape index (κ3) is 5.11. The van der Waals surface area contributed by atoms with E-state index in [-0.39, 0.29) is 12.3 Å². The number of rotatable bonds is 7. The summed E-state index contributed by atoms with van der Waals surface area (Å²) in [6.07, 6.45) is 2.38. The predicted octanol–water partition coefficient (Wildman–Crippen LogP) is 5.27. The molecule has 1 aromatic heterocycles. The average molecular weight is 385 g/mol. The highest BCUT2D eigenvalue weighted by Gasteiger charge is 2.10. The number of oxazole rings is 1. The van der Waals surface area contributed by atoms with Crippen LogP contribution < -0.4 is 10.1 Å². The van der Waals surface area contributed by atoms with Gasteiger partial charge in [0.2, 0.25) is 5.91 Å². The van der Waals surface area contributed by atoms with Crippen molar-refractivity contribution in [2.45, 2.75) is 26.7 Å². The number of aryl methyl sites for hydroxylation is 2. The summed E-state index contributed by atoms with van der Waals surface area (Å²) in [5.41, 5.74) is 2.59. The van der Waals surface area contributed by atoms with Gasteiger partial charge in [-0.15, -0.1) is 0 Å². The molecule has 0 saturated carbocycles. The number of hydrogen-bond acceptors (Lipinski definition) is 4. The normalized spacial score (nSPS) is 10.6. The van der Waals surface area contributed by atoms with Crippen molar-refractivity contribution < 1.29 is 13.9 Å². The lowest BCUT2D eigenvalue weighted by Gasteiger charge is -2.08. The fraction of sp³-hybridized carbons (Fsp3) is 0.238. The summed E-state index contributed by atoms with van der Waals surface area (Å²) in [4.78, 5) is 16.4. The highest BCUT2D eigenvalue weighted by Crippen LogP contribution is 2.24. The molecule has 6 heteroatoms. The van der Waals surface area contributed by atoms with E-state index in [9.17, 15) is 4.79 Å². The molecule has 0 saturated heterocycles. The monoisotopic (exact) mass is 384 g/mol. The van der Waals surface area contributed by atoms with E-state index in [0.29, 0.717) is 29.7 Å². The van der Waals surface area contributed by atoms with E-state index in [1.165, 1.54) is 0 Å². The Balaban J connectivity index is 1.56. The van der Waals surface area contributed by atoms with Crippen molar-refractivity contribution in [1.29, 1.82) is 0 Å². The molecule has 2 aromatic carbocycles. The Morgan fingerprint density at radius 1 is 1.22 bits per heavy atom. The Morgan fingerprint density at radius 2 is 2.00 bits per heavy atom. The van der Waals surface area contributed by atoms with E-state index >= 15 is 0 Å². The van der Waals surface area contributed by atoms with Crippen LogP contribution in [0, 0.1) is 6.92 Å². The Hall–Kier alpha value is -2.79. The molecule has 0 spiro atoms. The van der Waals surface area contributed by atoms with Gasteiger partial charge in [0.25, 0.3) is 0 Å². The molecule has 0 aliphatic heterocycles.